The minimum atomic E-state index is -5.52. The van der Waals surface area contributed by atoms with Gasteiger partial charge in [-0.25, -0.2) is 19.2 Å². The van der Waals surface area contributed by atoms with Crippen molar-refractivity contribution in [2.45, 2.75) is 115 Å². The van der Waals surface area contributed by atoms with Gasteiger partial charge in [0.15, 0.2) is 24.1 Å². The molecular weight excluding hydrogens is 1030 g/mol. The monoisotopic (exact) mass is 1090 g/mol. The average Bonchev–Trinajstić information content (AvgIpc) is 3.35. The predicted octanol–water partition coefficient (Wildman–Crippen LogP) is 0.949. The van der Waals surface area contributed by atoms with E-state index in [1.807, 2.05) is 0 Å². The number of benzene rings is 3. The molecule has 2 saturated carbocycles. The SMILES string of the molecule is CCOC(=O)O[C@@H](C(=O)O[C@H]1C[C@@]2(O)[C@@H](OC(=O)c3ccccc3)[C@@H]3[C@]4(OC(C)=O)CO[C@@H]4C[C@H](OC(=O)COP(=O)([O-])O)[C@@]3(C)C(=O)[C@H](OC(C)=O)C(=C1C)C2(C)C)[C@@H](NC(=O)c1ccccc1)c1ccccc1.[Na+]. The van der Waals surface area contributed by atoms with Crippen LogP contribution in [0.3, 0.4) is 0 Å². The quantitative estimate of drug-likeness (QED) is 0.0591. The maximum atomic E-state index is 16.1. The topological polar surface area (TPSA) is 312 Å². The summed E-state index contributed by atoms with van der Waals surface area (Å²) in [4.78, 5) is 134. The number of hydrogen-bond acceptors (Lipinski definition) is 20. The van der Waals surface area contributed by atoms with Crippen molar-refractivity contribution in [2.75, 3.05) is 19.8 Å². The summed E-state index contributed by atoms with van der Waals surface area (Å²) >= 11 is 0. The third kappa shape index (κ3) is 11.7. The summed E-state index contributed by atoms with van der Waals surface area (Å²) in [5, 5.41) is 16.8. The van der Waals surface area contributed by atoms with Crippen molar-refractivity contribution >= 4 is 55.5 Å². The predicted molar refractivity (Wildman–Crippen MR) is 253 cm³/mol. The number of ether oxygens (including phenoxy) is 8. The molecule has 3 aromatic rings. The zero-order chi connectivity index (χ0) is 54.8. The molecular formula is C52H57NNaO21P. The average molecular weight is 1090 g/mol. The minimum Gasteiger partial charge on any atom is -0.756 e. The van der Waals surface area contributed by atoms with E-state index in [9.17, 15) is 48.2 Å². The summed E-state index contributed by atoms with van der Waals surface area (Å²) in [6, 6.07) is 21.8. The van der Waals surface area contributed by atoms with Gasteiger partial charge in [0.05, 0.1) is 30.1 Å². The molecule has 1 aliphatic heterocycles. The summed E-state index contributed by atoms with van der Waals surface area (Å²) in [5.74, 6) is -9.45. The number of carbonyl (C=O) groups excluding carboxylic acids is 8. The first kappa shape index (κ1) is 59.4. The van der Waals surface area contributed by atoms with Gasteiger partial charge in [-0.1, -0.05) is 80.6 Å². The summed E-state index contributed by atoms with van der Waals surface area (Å²) in [7, 11) is -5.52. The van der Waals surface area contributed by atoms with Gasteiger partial charge < -0.3 is 62.6 Å². The summed E-state index contributed by atoms with van der Waals surface area (Å²) in [6.07, 6.45) is -13.6. The number of Topliss-reactive ketones (excluding diaryl/α,β-unsaturated/α-hetero) is 1. The Kier molecular flexibility index (Phi) is 18.3. The van der Waals surface area contributed by atoms with Crippen LogP contribution < -0.4 is 39.8 Å². The molecule has 0 aromatic heterocycles. The number of rotatable bonds is 16. The van der Waals surface area contributed by atoms with Crippen LogP contribution in [0, 0.1) is 16.7 Å². The number of nitrogens with one attached hydrogen (secondary N) is 1. The van der Waals surface area contributed by atoms with Crippen molar-refractivity contribution in [2.24, 2.45) is 16.7 Å². The molecule has 24 heteroatoms. The molecule has 3 aliphatic carbocycles. The first-order chi connectivity index (χ1) is 35.3. The molecule has 402 valence electrons. The van der Waals surface area contributed by atoms with Gasteiger partial charge >= 0.3 is 65.6 Å². The molecule has 3 fully saturated rings. The molecule has 0 spiro atoms. The first-order valence-electron chi connectivity index (χ1n) is 23.8. The van der Waals surface area contributed by atoms with E-state index in [4.69, 9.17) is 37.9 Å². The second-order valence-electron chi connectivity index (χ2n) is 19.3. The van der Waals surface area contributed by atoms with Crippen LogP contribution in [-0.2, 0) is 71.0 Å². The zero-order valence-corrected chi connectivity index (χ0v) is 45.8. The normalized spacial score (nSPS) is 28.6. The molecule has 3 aromatic carbocycles. The van der Waals surface area contributed by atoms with Crippen molar-refractivity contribution in [3.8, 4) is 0 Å². The van der Waals surface area contributed by atoms with Gasteiger partial charge in [-0.05, 0) is 61.7 Å². The number of phosphoric acid groups is 1. The van der Waals surface area contributed by atoms with Gasteiger partial charge in [0.25, 0.3) is 13.7 Å². The molecule has 22 nitrogen and oxygen atoms in total. The van der Waals surface area contributed by atoms with Gasteiger partial charge in [0.1, 0.15) is 36.1 Å². The molecule has 12 atom stereocenters. The van der Waals surface area contributed by atoms with E-state index in [1.165, 1.54) is 71.0 Å². The van der Waals surface area contributed by atoms with Crippen molar-refractivity contribution in [1.82, 2.24) is 5.32 Å². The maximum absolute atomic E-state index is 16.1. The van der Waals surface area contributed by atoms with E-state index in [2.05, 4.69) is 9.84 Å². The summed E-state index contributed by atoms with van der Waals surface area (Å²) in [5.41, 5.74) is -8.77. The van der Waals surface area contributed by atoms with E-state index in [1.54, 1.807) is 54.6 Å². The molecule has 1 heterocycles. The Labute approximate surface area is 458 Å². The number of aliphatic hydroxyl groups is 1. The van der Waals surface area contributed by atoms with Crippen LogP contribution in [0.15, 0.2) is 102 Å². The summed E-state index contributed by atoms with van der Waals surface area (Å²) in [6.45, 7) is 7.01. The fourth-order valence-electron chi connectivity index (χ4n) is 11.0. The third-order valence-electron chi connectivity index (χ3n) is 14.5. The van der Waals surface area contributed by atoms with Crippen molar-refractivity contribution in [3.05, 3.63) is 119 Å². The molecule has 1 amide bonds. The molecule has 4 aliphatic rings. The standard InChI is InChI=1S/C52H58NO21P.Na/c1-8-66-48(61)72-41(39(31-18-12-9-13-19-31)53-45(58)32-20-14-10-15-21-32)47(60)70-34-25-52(62)44(73-46(59)33-22-16-11-17-23-33)42-50(7,43(57)40(69-29(3)54)38(28(34)2)49(52,5)6)35(71-37(56)26-68-75(63,64)65)24-36-51(42,27-67-36)74-30(4)55;/h9-23,34-36,39-42,44,62H,8,24-27H2,1-7H3,(H,53,58)(H2,63,64,65);/q;+1/p-1/t34-,35-,36+,39-,40+,41+,42-,44-,50+,51-,52+;/m0./s1. The molecule has 3 N–H and O–H groups in total. The Morgan fingerprint density at radius 3 is 1.99 bits per heavy atom. The van der Waals surface area contributed by atoms with Gasteiger partial charge in [-0.3, -0.25) is 23.7 Å². The van der Waals surface area contributed by atoms with E-state index in [-0.39, 0.29) is 64.0 Å². The van der Waals surface area contributed by atoms with Gasteiger partial charge in [0, 0.05) is 37.7 Å². The van der Waals surface area contributed by atoms with E-state index in [0.29, 0.717) is 0 Å². The molecule has 0 radical (unpaired) electrons. The zero-order valence-electron chi connectivity index (χ0n) is 42.9. The van der Waals surface area contributed by atoms with E-state index < -0.39 is 152 Å². The second kappa shape index (κ2) is 23.4. The van der Waals surface area contributed by atoms with Crippen LogP contribution >= 0.6 is 7.82 Å². The Morgan fingerprint density at radius 2 is 1.45 bits per heavy atom. The fourth-order valence-corrected chi connectivity index (χ4v) is 11.3. The molecule has 76 heavy (non-hydrogen) atoms. The van der Waals surface area contributed by atoms with E-state index in [0.717, 1.165) is 13.8 Å². The second-order valence-corrected chi connectivity index (χ2v) is 20.5. The van der Waals surface area contributed by atoms with Gasteiger partial charge in [0.2, 0.25) is 6.10 Å². The van der Waals surface area contributed by atoms with Gasteiger partial charge in [-0.2, -0.15) is 0 Å². The number of phosphoric ester groups is 1. The number of esters is 5. The molecule has 2 bridgehead atoms. The Bertz CT molecular complexity index is 2790. The Hall–Kier alpha value is -5.81. The number of hydrogen-bond donors (Lipinski definition) is 3. The van der Waals surface area contributed by atoms with Gasteiger partial charge in [-0.15, -0.1) is 0 Å². The van der Waals surface area contributed by atoms with Crippen molar-refractivity contribution in [3.63, 3.8) is 0 Å². The van der Waals surface area contributed by atoms with Crippen LogP contribution in [0.4, 0.5) is 4.79 Å². The number of ketones is 1. The Morgan fingerprint density at radius 1 is 0.855 bits per heavy atom. The van der Waals surface area contributed by atoms with Crippen molar-refractivity contribution < 1.29 is 130 Å². The third-order valence-corrected chi connectivity index (χ3v) is 15.0. The smallest absolute Gasteiger partial charge is 0.756 e. The minimum absolute atomic E-state index is 0. The molecule has 1 saturated heterocycles. The van der Waals surface area contributed by atoms with Crippen LogP contribution in [0.25, 0.3) is 0 Å². The molecule has 7 rings (SSSR count). The number of fused-ring (bicyclic) bond motifs is 5. The van der Waals surface area contributed by atoms with Crippen LogP contribution in [0.1, 0.15) is 93.6 Å². The van der Waals surface area contributed by atoms with Crippen LogP contribution in [-0.4, -0.2) is 125 Å². The van der Waals surface area contributed by atoms with Crippen molar-refractivity contribution in [1.29, 1.82) is 0 Å². The maximum Gasteiger partial charge on any atom is 1.00 e. The summed E-state index contributed by atoms with van der Waals surface area (Å²) < 4.78 is 63.2. The number of amides is 1. The van der Waals surface area contributed by atoms with Crippen LogP contribution in [0.5, 0.6) is 0 Å². The molecule has 1 unspecified atom stereocenters. The first-order valence-corrected chi connectivity index (χ1v) is 25.3. The fraction of sp³-hybridized carbons (Fsp3) is 0.462. The van der Waals surface area contributed by atoms with Crippen LogP contribution in [0.2, 0.25) is 0 Å². The number of carbonyl (C=O) groups is 8. The van der Waals surface area contributed by atoms with E-state index >= 15 is 9.59 Å². The largest absolute Gasteiger partial charge is 1.00 e. The Balaban J connectivity index is 0.00000937.